The van der Waals surface area contributed by atoms with Crippen molar-refractivity contribution in [1.29, 1.82) is 0 Å². The molecule has 6 heteroatoms. The van der Waals surface area contributed by atoms with E-state index in [9.17, 15) is 5.11 Å². The second-order valence-electron chi connectivity index (χ2n) is 7.42. The van der Waals surface area contributed by atoms with Crippen LogP contribution in [0.2, 0.25) is 0 Å². The minimum absolute atomic E-state index is 0.0527. The molecule has 1 saturated heterocycles. The Bertz CT molecular complexity index is 899. The summed E-state index contributed by atoms with van der Waals surface area (Å²) in [6, 6.07) is 8.73. The van der Waals surface area contributed by atoms with Gasteiger partial charge in [-0.25, -0.2) is 4.98 Å². The topological polar surface area (TPSA) is 53.7 Å². The SMILES string of the molecule is CCc1nc2sc([C@H](c3ccc(C)cc3)N3CCC[C@H](C)C3)c(O)n2n1. The van der Waals surface area contributed by atoms with Crippen molar-refractivity contribution in [2.24, 2.45) is 5.92 Å². The first-order valence-corrected chi connectivity index (χ1v) is 10.3. The van der Waals surface area contributed by atoms with Crippen LogP contribution in [-0.4, -0.2) is 37.7 Å². The van der Waals surface area contributed by atoms with Crippen molar-refractivity contribution in [2.75, 3.05) is 13.1 Å². The number of hydrogen-bond donors (Lipinski definition) is 1. The van der Waals surface area contributed by atoms with E-state index in [1.54, 1.807) is 15.9 Å². The van der Waals surface area contributed by atoms with Gasteiger partial charge >= 0.3 is 0 Å². The van der Waals surface area contributed by atoms with Crippen molar-refractivity contribution in [3.8, 4) is 5.88 Å². The molecular weight excluding hydrogens is 344 g/mol. The maximum Gasteiger partial charge on any atom is 0.230 e. The molecule has 0 amide bonds. The van der Waals surface area contributed by atoms with Crippen LogP contribution in [-0.2, 0) is 6.42 Å². The molecule has 1 N–H and O–H groups in total. The molecule has 3 aromatic rings. The maximum atomic E-state index is 10.9. The smallest absolute Gasteiger partial charge is 0.230 e. The zero-order valence-electron chi connectivity index (χ0n) is 15.6. The van der Waals surface area contributed by atoms with Crippen LogP contribution in [0.5, 0.6) is 5.88 Å². The predicted molar refractivity (Wildman–Crippen MR) is 105 cm³/mol. The highest BCUT2D eigenvalue weighted by Crippen LogP contribution is 2.41. The lowest BCUT2D eigenvalue weighted by molar-refractivity contribution is 0.149. The van der Waals surface area contributed by atoms with Gasteiger partial charge in [0.2, 0.25) is 10.8 Å². The van der Waals surface area contributed by atoms with Crippen LogP contribution in [0.1, 0.15) is 54.6 Å². The monoisotopic (exact) mass is 370 g/mol. The molecule has 1 aliphatic rings. The number of nitrogens with zero attached hydrogens (tertiary/aromatic N) is 4. The van der Waals surface area contributed by atoms with Crippen molar-refractivity contribution in [2.45, 2.75) is 46.1 Å². The number of fused-ring (bicyclic) bond motifs is 1. The van der Waals surface area contributed by atoms with Gasteiger partial charge in [-0.2, -0.15) is 4.52 Å². The Kier molecular flexibility index (Phi) is 4.71. The molecule has 2 aromatic heterocycles. The molecule has 26 heavy (non-hydrogen) atoms. The van der Waals surface area contributed by atoms with Crippen LogP contribution in [0.4, 0.5) is 0 Å². The van der Waals surface area contributed by atoms with E-state index in [2.05, 4.69) is 53.1 Å². The van der Waals surface area contributed by atoms with Crippen LogP contribution in [0.3, 0.4) is 0 Å². The van der Waals surface area contributed by atoms with Crippen molar-refractivity contribution >= 4 is 16.3 Å². The van der Waals surface area contributed by atoms with E-state index in [1.165, 1.54) is 24.0 Å². The van der Waals surface area contributed by atoms with Gasteiger partial charge in [0, 0.05) is 13.0 Å². The fourth-order valence-electron chi connectivity index (χ4n) is 3.86. The Morgan fingerprint density at radius 1 is 1.31 bits per heavy atom. The highest BCUT2D eigenvalue weighted by molar-refractivity contribution is 7.17. The van der Waals surface area contributed by atoms with E-state index in [0.29, 0.717) is 5.92 Å². The number of thiazole rings is 1. The van der Waals surface area contributed by atoms with Crippen molar-refractivity contribution in [3.63, 3.8) is 0 Å². The molecule has 1 aromatic carbocycles. The minimum atomic E-state index is 0.0527. The number of likely N-dealkylation sites (tertiary alicyclic amines) is 1. The maximum absolute atomic E-state index is 10.9. The summed E-state index contributed by atoms with van der Waals surface area (Å²) in [5.74, 6) is 1.69. The summed E-state index contributed by atoms with van der Waals surface area (Å²) in [6.07, 6.45) is 3.25. The first-order chi connectivity index (χ1) is 12.6. The van der Waals surface area contributed by atoms with Crippen molar-refractivity contribution in [3.05, 3.63) is 46.1 Å². The predicted octanol–water partition coefficient (Wildman–Crippen LogP) is 4.19. The van der Waals surface area contributed by atoms with Gasteiger partial charge in [0.15, 0.2) is 5.82 Å². The molecule has 2 atom stereocenters. The molecule has 138 valence electrons. The minimum Gasteiger partial charge on any atom is -0.492 e. The second-order valence-corrected chi connectivity index (χ2v) is 8.43. The molecule has 0 bridgehead atoms. The van der Waals surface area contributed by atoms with Crippen LogP contribution in [0, 0.1) is 12.8 Å². The number of piperidine rings is 1. The molecule has 0 unspecified atom stereocenters. The standard InChI is InChI=1S/C20H26N4OS/c1-4-16-21-20-24(22-16)19(25)18(26-20)17(15-9-7-13(2)8-10-15)23-11-5-6-14(3)12-23/h7-10,14,17,25H,4-6,11-12H2,1-3H3/t14-,17-/m0/s1. The second kappa shape index (κ2) is 7.00. The summed E-state index contributed by atoms with van der Waals surface area (Å²) in [6.45, 7) is 8.55. The lowest BCUT2D eigenvalue weighted by atomic mass is 9.95. The van der Waals surface area contributed by atoms with Gasteiger partial charge in [0.25, 0.3) is 0 Å². The molecule has 4 rings (SSSR count). The van der Waals surface area contributed by atoms with Crippen molar-refractivity contribution < 1.29 is 5.11 Å². The number of hydrogen-bond acceptors (Lipinski definition) is 5. The van der Waals surface area contributed by atoms with E-state index in [0.717, 1.165) is 35.2 Å². The summed E-state index contributed by atoms with van der Waals surface area (Å²) in [4.78, 5) is 8.78. The number of aromatic hydroxyl groups is 1. The molecule has 0 radical (unpaired) electrons. The van der Waals surface area contributed by atoms with Crippen LogP contribution in [0.25, 0.3) is 4.96 Å². The Balaban J connectivity index is 1.80. The summed E-state index contributed by atoms with van der Waals surface area (Å²) >= 11 is 1.56. The largest absolute Gasteiger partial charge is 0.492 e. The van der Waals surface area contributed by atoms with Gasteiger partial charge in [0.05, 0.1) is 10.9 Å². The number of benzene rings is 1. The van der Waals surface area contributed by atoms with Crippen LogP contribution < -0.4 is 0 Å². The average molecular weight is 371 g/mol. The molecule has 1 aliphatic heterocycles. The van der Waals surface area contributed by atoms with E-state index in [-0.39, 0.29) is 11.9 Å². The zero-order chi connectivity index (χ0) is 18.3. The van der Waals surface area contributed by atoms with Gasteiger partial charge in [0.1, 0.15) is 0 Å². The molecule has 0 saturated carbocycles. The molecule has 5 nitrogen and oxygen atoms in total. The quantitative estimate of drug-likeness (QED) is 0.748. The van der Waals surface area contributed by atoms with Gasteiger partial charge in [-0.05, 0) is 37.8 Å². The number of rotatable bonds is 4. The fraction of sp³-hybridized carbons (Fsp3) is 0.500. The number of aromatic nitrogens is 3. The van der Waals surface area contributed by atoms with Gasteiger partial charge in [-0.3, -0.25) is 4.90 Å². The lowest BCUT2D eigenvalue weighted by Gasteiger charge is -2.37. The molecule has 3 heterocycles. The lowest BCUT2D eigenvalue weighted by Crippen LogP contribution is -2.37. The Morgan fingerprint density at radius 3 is 2.73 bits per heavy atom. The average Bonchev–Trinajstić information content (AvgIpc) is 3.17. The van der Waals surface area contributed by atoms with E-state index in [1.807, 2.05) is 6.92 Å². The third-order valence-corrected chi connectivity index (χ3v) is 6.33. The first kappa shape index (κ1) is 17.5. The van der Waals surface area contributed by atoms with E-state index >= 15 is 0 Å². The van der Waals surface area contributed by atoms with Crippen molar-refractivity contribution in [1.82, 2.24) is 19.5 Å². The Labute approximate surface area is 158 Å². The van der Waals surface area contributed by atoms with Gasteiger partial charge in [-0.15, -0.1) is 5.10 Å². The summed E-state index contributed by atoms with van der Waals surface area (Å²) < 4.78 is 1.60. The van der Waals surface area contributed by atoms with Crippen LogP contribution >= 0.6 is 11.3 Å². The highest BCUT2D eigenvalue weighted by atomic mass is 32.1. The van der Waals surface area contributed by atoms with Gasteiger partial charge in [-0.1, -0.05) is 55.0 Å². The zero-order valence-corrected chi connectivity index (χ0v) is 16.5. The summed E-state index contributed by atoms with van der Waals surface area (Å²) in [7, 11) is 0. The van der Waals surface area contributed by atoms with E-state index < -0.39 is 0 Å². The fourth-order valence-corrected chi connectivity index (χ4v) is 4.99. The molecule has 0 aliphatic carbocycles. The normalized spacial score (nSPS) is 19.9. The highest BCUT2D eigenvalue weighted by Gasteiger charge is 2.31. The van der Waals surface area contributed by atoms with E-state index in [4.69, 9.17) is 0 Å². The first-order valence-electron chi connectivity index (χ1n) is 9.44. The Hall–Kier alpha value is -1.92. The molecule has 0 spiro atoms. The Morgan fingerprint density at radius 2 is 2.08 bits per heavy atom. The summed E-state index contributed by atoms with van der Waals surface area (Å²) in [5.41, 5.74) is 2.47. The third-order valence-electron chi connectivity index (χ3n) is 5.25. The third kappa shape index (κ3) is 3.12. The number of aryl methyl sites for hydroxylation is 2. The van der Waals surface area contributed by atoms with Crippen LogP contribution in [0.15, 0.2) is 24.3 Å². The molecule has 1 fully saturated rings. The summed E-state index contributed by atoms with van der Waals surface area (Å²) in [5, 5.41) is 15.4. The van der Waals surface area contributed by atoms with Gasteiger partial charge < -0.3 is 5.11 Å². The molecular formula is C20H26N4OS.